The van der Waals surface area contributed by atoms with Gasteiger partial charge < -0.3 is 0 Å². The van der Waals surface area contributed by atoms with Crippen LogP contribution >= 0.6 is 0 Å². The Morgan fingerprint density at radius 2 is 1.88 bits per heavy atom. The fourth-order valence-electron chi connectivity index (χ4n) is 7.75. The zero-order valence-corrected chi connectivity index (χ0v) is 16.5. The maximum Gasteiger partial charge on any atom is 0.155 e. The molecule has 25 heavy (non-hydrogen) atoms. The molecular formula is C24H34O. The molecule has 0 spiro atoms. The van der Waals surface area contributed by atoms with Crippen molar-refractivity contribution in [2.75, 3.05) is 0 Å². The Bertz CT molecular complexity index is 661. The molecule has 0 heterocycles. The number of carbonyl (C=O) groups is 1. The first kappa shape index (κ1) is 17.4. The van der Waals surface area contributed by atoms with Crippen LogP contribution in [0.15, 0.2) is 11.6 Å². The van der Waals surface area contributed by atoms with Crippen LogP contribution in [0.25, 0.3) is 0 Å². The van der Waals surface area contributed by atoms with Crippen molar-refractivity contribution in [1.82, 2.24) is 0 Å². The molecule has 1 heteroatoms. The molecule has 0 bridgehead atoms. The van der Waals surface area contributed by atoms with Crippen molar-refractivity contribution >= 4 is 5.78 Å². The molecule has 4 aliphatic carbocycles. The van der Waals surface area contributed by atoms with E-state index >= 15 is 0 Å². The summed E-state index contributed by atoms with van der Waals surface area (Å²) >= 11 is 0. The number of hydrogen-bond donors (Lipinski definition) is 0. The van der Waals surface area contributed by atoms with Crippen molar-refractivity contribution in [2.24, 2.45) is 40.4 Å². The summed E-state index contributed by atoms with van der Waals surface area (Å²) in [5.41, 5.74) is 2.30. The van der Waals surface area contributed by atoms with E-state index in [0.29, 0.717) is 22.5 Å². The van der Waals surface area contributed by atoms with Gasteiger partial charge in [0.15, 0.2) is 5.78 Å². The van der Waals surface area contributed by atoms with Crippen molar-refractivity contribution in [3.05, 3.63) is 11.6 Å². The van der Waals surface area contributed by atoms with E-state index < -0.39 is 0 Å². The highest BCUT2D eigenvalue weighted by atomic mass is 16.1. The molecule has 0 aromatic rings. The zero-order chi connectivity index (χ0) is 17.8. The van der Waals surface area contributed by atoms with Crippen LogP contribution in [0.1, 0.15) is 79.1 Å². The fraction of sp³-hybridized carbons (Fsp3) is 0.792. The normalized spacial score (nSPS) is 46.9. The minimum atomic E-state index is 0.311. The molecule has 0 saturated heterocycles. The lowest BCUT2D eigenvalue weighted by Crippen LogP contribution is -2.50. The molecule has 0 aromatic heterocycles. The first-order valence-electron chi connectivity index (χ1n) is 10.6. The van der Waals surface area contributed by atoms with Gasteiger partial charge in [-0.3, -0.25) is 4.79 Å². The lowest BCUT2D eigenvalue weighted by Gasteiger charge is -2.58. The van der Waals surface area contributed by atoms with Gasteiger partial charge in [0, 0.05) is 12.3 Å². The van der Waals surface area contributed by atoms with Gasteiger partial charge in [0.1, 0.15) is 0 Å². The summed E-state index contributed by atoms with van der Waals surface area (Å²) < 4.78 is 0. The minimum absolute atomic E-state index is 0.311. The van der Waals surface area contributed by atoms with Gasteiger partial charge in [0.2, 0.25) is 0 Å². The molecule has 1 nitrogen and oxygen atoms in total. The first-order valence-corrected chi connectivity index (χ1v) is 10.6. The van der Waals surface area contributed by atoms with E-state index in [1.54, 1.807) is 0 Å². The van der Waals surface area contributed by atoms with Crippen LogP contribution in [-0.4, -0.2) is 5.78 Å². The molecule has 0 aliphatic heterocycles. The Morgan fingerprint density at radius 3 is 2.64 bits per heavy atom. The smallest absolute Gasteiger partial charge is 0.155 e. The molecule has 5 unspecified atom stereocenters. The molecule has 0 amide bonds. The van der Waals surface area contributed by atoms with Gasteiger partial charge in [-0.2, -0.15) is 0 Å². The third kappa shape index (κ3) is 2.47. The van der Waals surface area contributed by atoms with Crippen LogP contribution < -0.4 is 0 Å². The van der Waals surface area contributed by atoms with E-state index in [-0.39, 0.29) is 0 Å². The van der Waals surface area contributed by atoms with Crippen LogP contribution in [-0.2, 0) is 4.79 Å². The van der Waals surface area contributed by atoms with Crippen molar-refractivity contribution in [3.63, 3.8) is 0 Å². The van der Waals surface area contributed by atoms with Gasteiger partial charge in [-0.05, 0) is 92.4 Å². The summed E-state index contributed by atoms with van der Waals surface area (Å²) in [5, 5.41) is 0. The molecule has 0 radical (unpaired) electrons. The highest BCUT2D eigenvalue weighted by molar-refractivity contribution is 5.91. The molecular weight excluding hydrogens is 304 g/mol. The van der Waals surface area contributed by atoms with Crippen LogP contribution in [0.4, 0.5) is 0 Å². The lowest BCUT2D eigenvalue weighted by atomic mass is 9.46. The van der Waals surface area contributed by atoms with Gasteiger partial charge in [-0.25, -0.2) is 0 Å². The zero-order valence-electron chi connectivity index (χ0n) is 16.5. The number of allylic oxidation sites excluding steroid dienone is 1. The van der Waals surface area contributed by atoms with Crippen LogP contribution in [0.5, 0.6) is 0 Å². The largest absolute Gasteiger partial charge is 0.295 e. The van der Waals surface area contributed by atoms with E-state index in [9.17, 15) is 4.79 Å². The molecule has 0 N–H and O–H groups in total. The van der Waals surface area contributed by atoms with Crippen LogP contribution in [0.3, 0.4) is 0 Å². The van der Waals surface area contributed by atoms with E-state index in [4.69, 9.17) is 0 Å². The van der Waals surface area contributed by atoms with Crippen molar-refractivity contribution in [1.29, 1.82) is 0 Å². The van der Waals surface area contributed by atoms with Crippen LogP contribution in [0.2, 0.25) is 0 Å². The Balaban J connectivity index is 1.63. The predicted octanol–water partition coefficient (Wildman–Crippen LogP) is 5.79. The molecule has 3 saturated carbocycles. The molecule has 4 aliphatic rings. The second-order valence-electron chi connectivity index (χ2n) is 9.88. The Morgan fingerprint density at radius 1 is 1.08 bits per heavy atom. The average molecular weight is 339 g/mol. The number of rotatable bonds is 1. The summed E-state index contributed by atoms with van der Waals surface area (Å²) in [7, 11) is 0. The van der Waals surface area contributed by atoms with E-state index in [0.717, 1.165) is 36.5 Å². The topological polar surface area (TPSA) is 17.1 Å². The monoisotopic (exact) mass is 338 g/mol. The van der Waals surface area contributed by atoms with Gasteiger partial charge in [0.25, 0.3) is 0 Å². The molecule has 136 valence electrons. The van der Waals surface area contributed by atoms with Crippen molar-refractivity contribution in [3.8, 4) is 11.8 Å². The number of fused-ring (bicyclic) bond motifs is 5. The van der Waals surface area contributed by atoms with E-state index in [1.165, 1.54) is 44.1 Å². The van der Waals surface area contributed by atoms with Gasteiger partial charge in [-0.1, -0.05) is 26.3 Å². The van der Waals surface area contributed by atoms with Gasteiger partial charge in [-0.15, -0.1) is 11.8 Å². The number of hydrogen-bond acceptors (Lipinski definition) is 1. The minimum Gasteiger partial charge on any atom is -0.295 e. The second kappa shape index (κ2) is 6.00. The van der Waals surface area contributed by atoms with E-state index in [1.807, 2.05) is 13.0 Å². The quantitative estimate of drug-likeness (QED) is 0.553. The summed E-state index contributed by atoms with van der Waals surface area (Å²) in [5.74, 6) is 10.9. The highest BCUT2D eigenvalue weighted by Gasteiger charge is 2.59. The standard InChI is InChI=1S/C24H34O/c1-5-6-16(2)20-9-10-21-19-8-7-17-15-18(25)11-13-23(17,3)22(19)12-14-24(20,21)4/h15-16,19-22H,7-14H2,1-4H3/t16?,19?,20?,21?,22?,23-,24+/m0/s1. The molecule has 0 aromatic carbocycles. The average Bonchev–Trinajstić information content (AvgIpc) is 2.93. The van der Waals surface area contributed by atoms with Crippen LogP contribution in [0, 0.1) is 52.3 Å². The Kier molecular flexibility index (Phi) is 4.18. The summed E-state index contributed by atoms with van der Waals surface area (Å²) in [4.78, 5) is 11.9. The maximum atomic E-state index is 11.9. The predicted molar refractivity (Wildman–Crippen MR) is 103 cm³/mol. The van der Waals surface area contributed by atoms with Crippen molar-refractivity contribution in [2.45, 2.75) is 79.1 Å². The Hall–Kier alpha value is -1.03. The van der Waals surface area contributed by atoms with E-state index in [2.05, 4.69) is 32.6 Å². The fourth-order valence-corrected chi connectivity index (χ4v) is 7.75. The Labute approximate surface area is 154 Å². The second-order valence-corrected chi connectivity index (χ2v) is 9.88. The molecule has 7 atom stereocenters. The number of carbonyl (C=O) groups excluding carboxylic acids is 1. The molecule has 4 rings (SSSR count). The van der Waals surface area contributed by atoms with Gasteiger partial charge in [0.05, 0.1) is 0 Å². The summed E-state index contributed by atoms with van der Waals surface area (Å²) in [6.07, 6.45) is 11.9. The lowest BCUT2D eigenvalue weighted by molar-refractivity contribution is -0.117. The molecule has 3 fully saturated rings. The van der Waals surface area contributed by atoms with Crippen molar-refractivity contribution < 1.29 is 4.79 Å². The third-order valence-electron chi connectivity index (χ3n) is 9.01. The number of ketones is 1. The maximum absolute atomic E-state index is 11.9. The summed E-state index contributed by atoms with van der Waals surface area (Å²) in [6, 6.07) is 0. The first-order chi connectivity index (χ1) is 11.9. The summed E-state index contributed by atoms with van der Waals surface area (Å²) in [6.45, 7) is 9.43. The van der Waals surface area contributed by atoms with Gasteiger partial charge >= 0.3 is 0 Å². The third-order valence-corrected chi connectivity index (χ3v) is 9.01. The highest BCUT2D eigenvalue weighted by Crippen LogP contribution is 2.67. The SMILES string of the molecule is CC#CC(C)C1CCC2C3CCC4=CC(=O)CC[C@]4(C)C3CC[C@]12C.